The zero-order valence-corrected chi connectivity index (χ0v) is 25.8. The lowest BCUT2D eigenvalue weighted by Gasteiger charge is -2.14. The highest BCUT2D eigenvalue weighted by Crippen LogP contribution is 2.36. The van der Waals surface area contributed by atoms with Crippen LogP contribution in [0.2, 0.25) is 0 Å². The molecule has 2 heterocycles. The van der Waals surface area contributed by atoms with Crippen molar-refractivity contribution in [2.24, 2.45) is 0 Å². The van der Waals surface area contributed by atoms with E-state index in [0.29, 0.717) is 31.6 Å². The SMILES string of the molecule is FC(F)(F)c1ccccc1OCc1ccc(CNc2ncccn2)cc1.c1ccc(OCc2cccc(CNc3ncccn3)c2)cc1. The van der Waals surface area contributed by atoms with Crippen LogP contribution in [-0.2, 0) is 32.5 Å². The number of nitrogens with zero attached hydrogens (tertiary/aromatic N) is 4. The van der Waals surface area contributed by atoms with Gasteiger partial charge in [-0.3, -0.25) is 0 Å². The van der Waals surface area contributed by atoms with Gasteiger partial charge in [-0.05, 0) is 58.7 Å². The van der Waals surface area contributed by atoms with Crippen LogP contribution in [0, 0.1) is 0 Å². The molecule has 0 radical (unpaired) electrons. The van der Waals surface area contributed by atoms with E-state index in [1.54, 1.807) is 36.9 Å². The van der Waals surface area contributed by atoms with E-state index < -0.39 is 11.7 Å². The highest BCUT2D eigenvalue weighted by atomic mass is 19.4. The second-order valence-electron chi connectivity index (χ2n) is 10.4. The van der Waals surface area contributed by atoms with Crippen LogP contribution in [0.1, 0.15) is 27.8 Å². The summed E-state index contributed by atoms with van der Waals surface area (Å²) in [4.78, 5) is 16.4. The lowest BCUT2D eigenvalue weighted by molar-refractivity contribution is -0.139. The summed E-state index contributed by atoms with van der Waals surface area (Å²) in [7, 11) is 0. The number of halogens is 3. The van der Waals surface area contributed by atoms with E-state index in [1.165, 1.54) is 23.8 Å². The number of hydrogen-bond donors (Lipinski definition) is 2. The average molecular weight is 651 g/mol. The fraction of sp³-hybridized carbons (Fsp3) is 0.135. The summed E-state index contributed by atoms with van der Waals surface area (Å²) in [6.45, 7) is 1.84. The summed E-state index contributed by atoms with van der Waals surface area (Å²) in [5.74, 6) is 1.87. The van der Waals surface area contributed by atoms with Crippen LogP contribution in [0.15, 0.2) is 140 Å². The van der Waals surface area contributed by atoms with Gasteiger partial charge in [0.05, 0.1) is 5.56 Å². The summed E-state index contributed by atoms with van der Waals surface area (Å²) in [5.41, 5.74) is 3.31. The number of rotatable bonds is 12. The molecule has 0 saturated carbocycles. The van der Waals surface area contributed by atoms with Gasteiger partial charge >= 0.3 is 6.18 Å². The molecule has 6 aromatic rings. The van der Waals surface area contributed by atoms with Gasteiger partial charge in [-0.25, -0.2) is 19.9 Å². The molecule has 0 aliphatic heterocycles. The fourth-order valence-corrected chi connectivity index (χ4v) is 4.40. The molecule has 0 aliphatic rings. The zero-order valence-electron chi connectivity index (χ0n) is 25.8. The lowest BCUT2D eigenvalue weighted by Crippen LogP contribution is -2.08. The second kappa shape index (κ2) is 17.1. The first kappa shape index (κ1) is 33.4. The Bertz CT molecular complexity index is 1750. The molecule has 2 N–H and O–H groups in total. The monoisotopic (exact) mass is 650 g/mol. The Morgan fingerprint density at radius 3 is 1.69 bits per heavy atom. The minimum atomic E-state index is -4.44. The Labute approximate surface area is 276 Å². The molecular formula is C37H33F3N6O2. The van der Waals surface area contributed by atoms with Gasteiger partial charge in [-0.15, -0.1) is 0 Å². The molecule has 0 fully saturated rings. The lowest BCUT2D eigenvalue weighted by atomic mass is 10.1. The Morgan fingerprint density at radius 2 is 1.04 bits per heavy atom. The van der Waals surface area contributed by atoms with Crippen molar-refractivity contribution in [1.82, 2.24) is 19.9 Å². The number of benzene rings is 4. The van der Waals surface area contributed by atoms with Gasteiger partial charge in [0.25, 0.3) is 0 Å². The standard InChI is InChI=1S/C19H16F3N3O.C18H17N3O/c20-19(21,22)16-4-1-2-5-17(16)26-13-15-8-6-14(7-9-15)12-25-18-23-10-3-11-24-18;1-2-8-17(9-3-1)22-14-16-7-4-6-15(12-16)13-21-18-19-10-5-11-20-18/h1-11H,12-13H2,(H,23,24,25);1-12H,13-14H2,(H,19,20,21). The van der Waals surface area contributed by atoms with Gasteiger partial charge in [0.15, 0.2) is 0 Å². The highest BCUT2D eigenvalue weighted by molar-refractivity contribution is 5.36. The molecule has 11 heteroatoms. The van der Waals surface area contributed by atoms with Gasteiger partial charge in [0.1, 0.15) is 24.7 Å². The molecule has 0 atom stereocenters. The predicted octanol–water partition coefficient (Wildman–Crippen LogP) is 8.35. The van der Waals surface area contributed by atoms with Crippen molar-refractivity contribution in [3.05, 3.63) is 168 Å². The van der Waals surface area contributed by atoms with E-state index in [1.807, 2.05) is 60.7 Å². The maximum atomic E-state index is 13.0. The third-order valence-corrected chi connectivity index (χ3v) is 6.78. The first-order valence-corrected chi connectivity index (χ1v) is 15.1. The van der Waals surface area contributed by atoms with Crippen LogP contribution >= 0.6 is 0 Å². The molecule has 0 spiro atoms. The van der Waals surface area contributed by atoms with Gasteiger partial charge in [-0.2, -0.15) is 13.2 Å². The number of anilines is 2. The van der Waals surface area contributed by atoms with E-state index in [2.05, 4.69) is 48.8 Å². The molecule has 8 nitrogen and oxygen atoms in total. The quantitative estimate of drug-likeness (QED) is 0.137. The van der Waals surface area contributed by atoms with Crippen LogP contribution in [0.4, 0.5) is 25.1 Å². The normalized spacial score (nSPS) is 10.7. The molecule has 0 unspecified atom stereocenters. The Balaban J connectivity index is 0.000000190. The van der Waals surface area contributed by atoms with E-state index in [9.17, 15) is 13.2 Å². The average Bonchev–Trinajstić information content (AvgIpc) is 3.13. The number of alkyl halides is 3. The molecule has 0 bridgehead atoms. The van der Waals surface area contributed by atoms with Crippen LogP contribution in [0.3, 0.4) is 0 Å². The second-order valence-corrected chi connectivity index (χ2v) is 10.4. The molecular weight excluding hydrogens is 617 g/mol. The maximum absolute atomic E-state index is 13.0. The third-order valence-electron chi connectivity index (χ3n) is 6.78. The number of para-hydroxylation sites is 2. The molecule has 48 heavy (non-hydrogen) atoms. The van der Waals surface area contributed by atoms with Crippen LogP contribution in [0.25, 0.3) is 0 Å². The topological polar surface area (TPSA) is 94.1 Å². The summed E-state index contributed by atoms with van der Waals surface area (Å²) >= 11 is 0. The third kappa shape index (κ3) is 10.8. The first-order valence-electron chi connectivity index (χ1n) is 15.1. The van der Waals surface area contributed by atoms with Crippen molar-refractivity contribution < 1.29 is 22.6 Å². The van der Waals surface area contributed by atoms with Crippen LogP contribution in [0.5, 0.6) is 11.5 Å². The minimum absolute atomic E-state index is 0.0581. The summed E-state index contributed by atoms with van der Waals surface area (Å²) in [6, 6.07) is 34.2. The minimum Gasteiger partial charge on any atom is -0.489 e. The van der Waals surface area contributed by atoms with E-state index in [-0.39, 0.29) is 12.4 Å². The van der Waals surface area contributed by atoms with E-state index >= 15 is 0 Å². The number of ether oxygens (including phenoxy) is 2. The predicted molar refractivity (Wildman–Crippen MR) is 178 cm³/mol. The van der Waals surface area contributed by atoms with E-state index in [4.69, 9.17) is 9.47 Å². The molecule has 4 aromatic carbocycles. The summed E-state index contributed by atoms with van der Waals surface area (Å²) in [5, 5.41) is 6.28. The molecule has 2 aromatic heterocycles. The van der Waals surface area contributed by atoms with Crippen LogP contribution < -0.4 is 20.1 Å². The molecule has 244 valence electrons. The van der Waals surface area contributed by atoms with Gasteiger partial charge in [0.2, 0.25) is 11.9 Å². The van der Waals surface area contributed by atoms with Crippen molar-refractivity contribution in [2.45, 2.75) is 32.5 Å². The van der Waals surface area contributed by atoms with Crippen molar-refractivity contribution in [3.63, 3.8) is 0 Å². The van der Waals surface area contributed by atoms with Crippen molar-refractivity contribution in [3.8, 4) is 11.5 Å². The summed E-state index contributed by atoms with van der Waals surface area (Å²) < 4.78 is 50.0. The van der Waals surface area contributed by atoms with Crippen molar-refractivity contribution >= 4 is 11.9 Å². The number of hydrogen-bond acceptors (Lipinski definition) is 8. The number of aromatic nitrogens is 4. The Morgan fingerprint density at radius 1 is 0.500 bits per heavy atom. The smallest absolute Gasteiger partial charge is 0.419 e. The number of nitrogens with one attached hydrogen (secondary N) is 2. The summed E-state index contributed by atoms with van der Waals surface area (Å²) in [6.07, 6.45) is 2.30. The van der Waals surface area contributed by atoms with Crippen molar-refractivity contribution in [2.75, 3.05) is 10.6 Å². The highest BCUT2D eigenvalue weighted by Gasteiger charge is 2.34. The molecule has 0 amide bonds. The van der Waals surface area contributed by atoms with Gasteiger partial charge in [0, 0.05) is 37.9 Å². The Hall–Kier alpha value is -5.97. The van der Waals surface area contributed by atoms with Gasteiger partial charge in [-0.1, -0.05) is 78.9 Å². The van der Waals surface area contributed by atoms with Crippen LogP contribution in [-0.4, -0.2) is 19.9 Å². The molecule has 0 aliphatic carbocycles. The molecule has 6 rings (SSSR count). The zero-order chi connectivity index (χ0) is 33.4. The fourth-order valence-electron chi connectivity index (χ4n) is 4.40. The Kier molecular flexibility index (Phi) is 11.9. The molecule has 0 saturated heterocycles. The largest absolute Gasteiger partial charge is 0.489 e. The maximum Gasteiger partial charge on any atom is 0.419 e. The van der Waals surface area contributed by atoms with Gasteiger partial charge < -0.3 is 20.1 Å². The first-order chi connectivity index (χ1) is 23.4. The van der Waals surface area contributed by atoms with E-state index in [0.717, 1.165) is 28.5 Å². The van der Waals surface area contributed by atoms with Crippen molar-refractivity contribution in [1.29, 1.82) is 0 Å².